The summed E-state index contributed by atoms with van der Waals surface area (Å²) in [4.78, 5) is 12.8. The van der Waals surface area contributed by atoms with E-state index in [-0.39, 0.29) is 5.91 Å². The fourth-order valence-corrected chi connectivity index (χ4v) is 2.67. The number of amides is 1. The lowest BCUT2D eigenvalue weighted by Crippen LogP contribution is -2.17. The monoisotopic (exact) mass is 318 g/mol. The molecule has 0 aromatic heterocycles. The summed E-state index contributed by atoms with van der Waals surface area (Å²) in [7, 11) is 0. The molecule has 0 unspecified atom stereocenters. The molecule has 108 valence electrons. The smallest absolute Gasteiger partial charge is 0.240 e. The zero-order chi connectivity index (χ0) is 14.9. The van der Waals surface area contributed by atoms with Crippen LogP contribution in [-0.2, 0) is 4.79 Å². The van der Waals surface area contributed by atoms with E-state index < -0.39 is 0 Å². The Labute approximate surface area is 133 Å². The zero-order valence-corrected chi connectivity index (χ0v) is 12.9. The highest BCUT2D eigenvalue weighted by atomic mass is 35.5. The van der Waals surface area contributed by atoms with Gasteiger partial charge in [0.2, 0.25) is 5.91 Å². The molecular formula is C16H15ClN2OS. The quantitative estimate of drug-likeness (QED) is 0.497. The molecule has 1 N–H and O–H groups in total. The molecule has 3 nitrogen and oxygen atoms in total. The first-order chi connectivity index (χ1) is 10.2. The number of nitrogens with zero attached hydrogens (tertiary/aromatic N) is 1. The van der Waals surface area contributed by atoms with E-state index in [4.69, 9.17) is 11.6 Å². The normalized spacial score (nSPS) is 10.7. The topological polar surface area (TPSA) is 41.5 Å². The minimum Gasteiger partial charge on any atom is -0.273 e. The van der Waals surface area contributed by atoms with Gasteiger partial charge in [-0.25, -0.2) is 5.43 Å². The Bertz CT molecular complexity index is 617. The number of nitrogens with one attached hydrogen (secondary N) is 1. The predicted molar refractivity (Wildman–Crippen MR) is 89.0 cm³/mol. The molecule has 0 heterocycles. The van der Waals surface area contributed by atoms with Crippen LogP contribution in [0, 0.1) is 0 Å². The Kier molecular flexibility index (Phi) is 6.31. The molecule has 0 radical (unpaired) electrons. The van der Waals surface area contributed by atoms with Gasteiger partial charge < -0.3 is 0 Å². The fourth-order valence-electron chi connectivity index (χ4n) is 1.60. The standard InChI is InChI=1S/C16H15ClN2OS/c17-14-6-4-5-13(11-14)12-18-19-16(20)9-10-21-15-7-2-1-3-8-15/h1-8,11-12H,9-10H2,(H,19,20)/b18-12-. The van der Waals surface area contributed by atoms with Crippen LogP contribution in [0.3, 0.4) is 0 Å². The predicted octanol–water partition coefficient (Wildman–Crippen LogP) is 3.97. The lowest BCUT2D eigenvalue weighted by molar-refractivity contribution is -0.120. The van der Waals surface area contributed by atoms with Gasteiger partial charge in [0.25, 0.3) is 0 Å². The highest BCUT2D eigenvalue weighted by Gasteiger charge is 2.00. The van der Waals surface area contributed by atoms with Crippen molar-refractivity contribution in [1.29, 1.82) is 0 Å². The van der Waals surface area contributed by atoms with E-state index >= 15 is 0 Å². The lowest BCUT2D eigenvalue weighted by atomic mass is 10.2. The van der Waals surface area contributed by atoms with Gasteiger partial charge >= 0.3 is 0 Å². The van der Waals surface area contributed by atoms with E-state index in [1.807, 2.05) is 42.5 Å². The molecule has 0 spiro atoms. The van der Waals surface area contributed by atoms with Crippen molar-refractivity contribution in [3.05, 3.63) is 65.2 Å². The maximum Gasteiger partial charge on any atom is 0.240 e. The molecule has 0 saturated carbocycles. The van der Waals surface area contributed by atoms with Crippen LogP contribution in [0.25, 0.3) is 0 Å². The van der Waals surface area contributed by atoms with Crippen molar-refractivity contribution in [1.82, 2.24) is 5.43 Å². The molecule has 1 amide bonds. The summed E-state index contributed by atoms with van der Waals surface area (Å²) in [6.07, 6.45) is 2.00. The molecule has 2 rings (SSSR count). The summed E-state index contributed by atoms with van der Waals surface area (Å²) in [5.74, 6) is 0.624. The summed E-state index contributed by atoms with van der Waals surface area (Å²) >= 11 is 7.51. The van der Waals surface area contributed by atoms with Crippen molar-refractivity contribution < 1.29 is 4.79 Å². The van der Waals surface area contributed by atoms with Crippen LogP contribution in [0.4, 0.5) is 0 Å². The minimum absolute atomic E-state index is 0.100. The second-order valence-electron chi connectivity index (χ2n) is 4.26. The van der Waals surface area contributed by atoms with Crippen LogP contribution in [0.2, 0.25) is 5.02 Å². The number of rotatable bonds is 6. The molecule has 0 fully saturated rings. The van der Waals surface area contributed by atoms with Gasteiger partial charge in [-0.1, -0.05) is 41.9 Å². The molecule has 0 aliphatic heterocycles. The van der Waals surface area contributed by atoms with Gasteiger partial charge in [0, 0.05) is 22.1 Å². The molecule has 0 atom stereocenters. The van der Waals surface area contributed by atoms with Gasteiger partial charge in [-0.15, -0.1) is 11.8 Å². The number of hydrogen-bond acceptors (Lipinski definition) is 3. The van der Waals surface area contributed by atoms with E-state index in [1.165, 1.54) is 0 Å². The fraction of sp³-hybridized carbons (Fsp3) is 0.125. The maximum absolute atomic E-state index is 11.6. The van der Waals surface area contributed by atoms with E-state index in [1.54, 1.807) is 30.1 Å². The maximum atomic E-state index is 11.6. The zero-order valence-electron chi connectivity index (χ0n) is 11.3. The van der Waals surface area contributed by atoms with Crippen LogP contribution in [0.5, 0.6) is 0 Å². The first kappa shape index (κ1) is 15.6. The number of hydrazone groups is 1. The minimum atomic E-state index is -0.100. The Balaban J connectivity index is 1.70. The van der Waals surface area contributed by atoms with Gasteiger partial charge in [0.15, 0.2) is 0 Å². The number of hydrogen-bond donors (Lipinski definition) is 1. The molecule has 0 bridgehead atoms. The second-order valence-corrected chi connectivity index (χ2v) is 5.86. The van der Waals surface area contributed by atoms with Crippen molar-refractivity contribution >= 4 is 35.5 Å². The van der Waals surface area contributed by atoms with Gasteiger partial charge in [-0.05, 0) is 29.8 Å². The summed E-state index contributed by atoms with van der Waals surface area (Å²) < 4.78 is 0. The summed E-state index contributed by atoms with van der Waals surface area (Å²) in [6.45, 7) is 0. The summed E-state index contributed by atoms with van der Waals surface area (Å²) in [5, 5.41) is 4.56. The second kappa shape index (κ2) is 8.49. The third kappa shape index (κ3) is 6.02. The number of thioether (sulfide) groups is 1. The van der Waals surface area contributed by atoms with Crippen molar-refractivity contribution in [2.75, 3.05) is 5.75 Å². The molecule has 0 saturated heterocycles. The van der Waals surface area contributed by atoms with Gasteiger partial charge in [-0.2, -0.15) is 5.10 Å². The Morgan fingerprint density at radius 1 is 1.19 bits per heavy atom. The van der Waals surface area contributed by atoms with Crippen molar-refractivity contribution in [3.63, 3.8) is 0 Å². The first-order valence-electron chi connectivity index (χ1n) is 6.49. The van der Waals surface area contributed by atoms with Crippen LogP contribution in [0.1, 0.15) is 12.0 Å². The Morgan fingerprint density at radius 3 is 2.76 bits per heavy atom. The molecule has 0 aliphatic rings. The molecular weight excluding hydrogens is 304 g/mol. The number of halogens is 1. The van der Waals surface area contributed by atoms with E-state index in [0.29, 0.717) is 11.4 Å². The first-order valence-corrected chi connectivity index (χ1v) is 7.86. The van der Waals surface area contributed by atoms with Gasteiger partial charge in [-0.3, -0.25) is 4.79 Å². The van der Waals surface area contributed by atoms with Crippen LogP contribution in [0.15, 0.2) is 64.6 Å². The van der Waals surface area contributed by atoms with Crippen molar-refractivity contribution in [2.45, 2.75) is 11.3 Å². The van der Waals surface area contributed by atoms with Crippen molar-refractivity contribution in [2.24, 2.45) is 5.10 Å². The van der Waals surface area contributed by atoms with Gasteiger partial charge in [0.05, 0.1) is 6.21 Å². The highest BCUT2D eigenvalue weighted by Crippen LogP contribution is 2.17. The summed E-state index contributed by atoms with van der Waals surface area (Å²) in [5.41, 5.74) is 3.36. The molecule has 21 heavy (non-hydrogen) atoms. The highest BCUT2D eigenvalue weighted by molar-refractivity contribution is 7.99. The largest absolute Gasteiger partial charge is 0.273 e. The van der Waals surface area contributed by atoms with Crippen LogP contribution in [-0.4, -0.2) is 17.9 Å². The Hall–Kier alpha value is -1.78. The third-order valence-corrected chi connectivity index (χ3v) is 3.84. The Morgan fingerprint density at radius 2 is 2.00 bits per heavy atom. The number of carbonyl (C=O) groups excluding carboxylic acids is 1. The van der Waals surface area contributed by atoms with Crippen LogP contribution >= 0.6 is 23.4 Å². The SMILES string of the molecule is O=C(CCSc1ccccc1)N/N=C\c1cccc(Cl)c1. The number of carbonyl (C=O) groups is 1. The lowest BCUT2D eigenvalue weighted by Gasteiger charge is -2.01. The van der Waals surface area contributed by atoms with Gasteiger partial charge in [0.1, 0.15) is 0 Å². The average molecular weight is 319 g/mol. The third-order valence-electron chi connectivity index (χ3n) is 2.59. The molecule has 0 aliphatic carbocycles. The van der Waals surface area contributed by atoms with E-state index in [9.17, 15) is 4.79 Å². The summed E-state index contributed by atoms with van der Waals surface area (Å²) in [6, 6.07) is 17.3. The van der Waals surface area contributed by atoms with Crippen LogP contribution < -0.4 is 5.43 Å². The molecule has 2 aromatic carbocycles. The average Bonchev–Trinajstić information content (AvgIpc) is 2.48. The van der Waals surface area contributed by atoms with E-state index in [0.717, 1.165) is 16.2 Å². The van der Waals surface area contributed by atoms with E-state index in [2.05, 4.69) is 10.5 Å². The van der Waals surface area contributed by atoms with Crippen molar-refractivity contribution in [3.8, 4) is 0 Å². The number of benzene rings is 2. The molecule has 2 aromatic rings. The molecule has 5 heteroatoms.